The van der Waals surface area contributed by atoms with E-state index in [0.717, 1.165) is 16.7 Å². The summed E-state index contributed by atoms with van der Waals surface area (Å²) in [4.78, 5) is 27.5. The van der Waals surface area contributed by atoms with Gasteiger partial charge in [0.05, 0.1) is 0 Å². The van der Waals surface area contributed by atoms with Crippen LogP contribution in [-0.4, -0.2) is 28.3 Å². The molecule has 0 bridgehead atoms. The molecule has 0 aliphatic rings. The monoisotopic (exact) mass is 380 g/mol. The average Bonchev–Trinajstić information content (AvgIpc) is 2.63. The fraction of sp³-hybridized carbons (Fsp3) is 0.417. The third-order valence-corrected chi connectivity index (χ3v) is 4.57. The number of nitrogens with one attached hydrogen (secondary N) is 1. The van der Waals surface area contributed by atoms with Gasteiger partial charge in [0.1, 0.15) is 6.04 Å². The third kappa shape index (κ3) is 6.84. The van der Waals surface area contributed by atoms with Gasteiger partial charge in [-0.1, -0.05) is 60.2 Å². The van der Waals surface area contributed by atoms with E-state index in [0.29, 0.717) is 19.4 Å². The van der Waals surface area contributed by atoms with E-state index in [1.54, 1.807) is 11.8 Å². The summed E-state index contributed by atoms with van der Waals surface area (Å²) in [5.74, 6) is -0.143. The molecule has 0 radical (unpaired) electrons. The van der Waals surface area contributed by atoms with Crippen LogP contribution in [0.15, 0.2) is 54.6 Å². The molecule has 0 saturated carbocycles. The van der Waals surface area contributed by atoms with E-state index in [4.69, 9.17) is 0 Å². The fourth-order valence-electron chi connectivity index (χ4n) is 3.10. The molecule has 1 N–H and O–H groups in total. The van der Waals surface area contributed by atoms with E-state index in [2.05, 4.69) is 11.4 Å². The Hall–Kier alpha value is -2.62. The number of carbonyl (C=O) groups is 2. The number of carbonyl (C=O) groups excluding carboxylic acids is 2. The molecule has 0 aromatic heterocycles. The Morgan fingerprint density at radius 1 is 1.00 bits per heavy atom. The number of aryl methyl sites for hydroxylation is 2. The zero-order valence-corrected chi connectivity index (χ0v) is 17.7. The Bertz CT molecular complexity index is 794. The van der Waals surface area contributed by atoms with E-state index in [1.165, 1.54) is 0 Å². The molecule has 1 unspecified atom stereocenters. The minimum absolute atomic E-state index is 0.0121. The van der Waals surface area contributed by atoms with Crippen molar-refractivity contribution in [1.82, 2.24) is 10.2 Å². The van der Waals surface area contributed by atoms with Crippen molar-refractivity contribution in [2.24, 2.45) is 0 Å². The lowest BCUT2D eigenvalue weighted by atomic mass is 10.1. The van der Waals surface area contributed by atoms with Gasteiger partial charge in [0, 0.05) is 18.5 Å². The maximum Gasteiger partial charge on any atom is 0.242 e. The molecule has 2 rings (SSSR count). The van der Waals surface area contributed by atoms with Crippen molar-refractivity contribution in [2.45, 2.75) is 65.6 Å². The fourth-order valence-corrected chi connectivity index (χ4v) is 3.10. The number of benzene rings is 2. The number of hydrogen-bond donors (Lipinski definition) is 1. The Kier molecular flexibility index (Phi) is 7.38. The van der Waals surface area contributed by atoms with Crippen LogP contribution in [0.5, 0.6) is 0 Å². The zero-order chi connectivity index (χ0) is 20.7. The van der Waals surface area contributed by atoms with Crippen LogP contribution in [0.1, 0.15) is 50.8 Å². The molecule has 0 heterocycles. The standard InChI is InChI=1S/C24H32N2O2/c1-18-10-9-13-21(16-18)17-26(19(2)23(28)25-24(3,4)5)22(27)15-14-20-11-7-6-8-12-20/h6-13,16,19H,14-15,17H2,1-5H3,(H,25,28). The van der Waals surface area contributed by atoms with Crippen molar-refractivity contribution in [3.05, 3.63) is 71.3 Å². The summed E-state index contributed by atoms with van der Waals surface area (Å²) in [7, 11) is 0. The summed E-state index contributed by atoms with van der Waals surface area (Å²) in [5, 5.41) is 2.99. The van der Waals surface area contributed by atoms with Gasteiger partial charge < -0.3 is 10.2 Å². The number of hydrogen-bond acceptors (Lipinski definition) is 2. The minimum Gasteiger partial charge on any atom is -0.350 e. The summed E-state index contributed by atoms with van der Waals surface area (Å²) in [6.45, 7) is 10.1. The van der Waals surface area contributed by atoms with Crippen LogP contribution in [0.25, 0.3) is 0 Å². The molecule has 2 aromatic carbocycles. The van der Waals surface area contributed by atoms with Gasteiger partial charge >= 0.3 is 0 Å². The van der Waals surface area contributed by atoms with Crippen LogP contribution in [0.3, 0.4) is 0 Å². The first-order valence-corrected chi connectivity index (χ1v) is 9.87. The maximum atomic E-state index is 13.1. The number of amides is 2. The summed E-state index contributed by atoms with van der Waals surface area (Å²) >= 11 is 0. The van der Waals surface area contributed by atoms with Crippen LogP contribution >= 0.6 is 0 Å². The summed E-state index contributed by atoms with van der Waals surface area (Å²) in [6, 6.07) is 17.5. The van der Waals surface area contributed by atoms with Gasteiger partial charge in [-0.3, -0.25) is 9.59 Å². The largest absolute Gasteiger partial charge is 0.350 e. The number of nitrogens with zero attached hydrogens (tertiary/aromatic N) is 1. The highest BCUT2D eigenvalue weighted by Gasteiger charge is 2.28. The molecule has 0 spiro atoms. The highest BCUT2D eigenvalue weighted by molar-refractivity contribution is 5.87. The second kappa shape index (κ2) is 9.54. The van der Waals surface area contributed by atoms with Gasteiger partial charge in [-0.05, 0) is 52.2 Å². The van der Waals surface area contributed by atoms with Crippen molar-refractivity contribution in [3.8, 4) is 0 Å². The molecule has 0 fully saturated rings. The Morgan fingerprint density at radius 2 is 1.64 bits per heavy atom. The molecule has 0 aliphatic carbocycles. The first-order chi connectivity index (χ1) is 13.2. The summed E-state index contributed by atoms with van der Waals surface area (Å²) < 4.78 is 0. The topological polar surface area (TPSA) is 49.4 Å². The molecule has 150 valence electrons. The van der Waals surface area contributed by atoms with Crippen molar-refractivity contribution >= 4 is 11.8 Å². The molecular weight excluding hydrogens is 348 g/mol. The zero-order valence-electron chi connectivity index (χ0n) is 17.7. The van der Waals surface area contributed by atoms with Crippen LogP contribution in [0.4, 0.5) is 0 Å². The van der Waals surface area contributed by atoms with Crippen LogP contribution < -0.4 is 5.32 Å². The van der Waals surface area contributed by atoms with E-state index in [9.17, 15) is 9.59 Å². The lowest BCUT2D eigenvalue weighted by Gasteiger charge is -2.31. The normalized spacial score (nSPS) is 12.3. The van der Waals surface area contributed by atoms with Crippen molar-refractivity contribution in [3.63, 3.8) is 0 Å². The second-order valence-corrected chi connectivity index (χ2v) is 8.41. The first-order valence-electron chi connectivity index (χ1n) is 9.87. The molecule has 4 heteroatoms. The van der Waals surface area contributed by atoms with Crippen LogP contribution in [0, 0.1) is 6.92 Å². The first kappa shape index (κ1) is 21.7. The van der Waals surface area contributed by atoms with E-state index < -0.39 is 6.04 Å². The molecule has 0 aliphatic heterocycles. The van der Waals surface area contributed by atoms with Gasteiger partial charge in [-0.25, -0.2) is 0 Å². The molecular formula is C24H32N2O2. The third-order valence-electron chi connectivity index (χ3n) is 4.57. The van der Waals surface area contributed by atoms with Crippen molar-refractivity contribution < 1.29 is 9.59 Å². The lowest BCUT2D eigenvalue weighted by molar-refractivity contribution is -0.141. The Labute approximate surface area is 169 Å². The maximum absolute atomic E-state index is 13.1. The minimum atomic E-state index is -0.539. The van der Waals surface area contributed by atoms with Gasteiger partial charge in [0.25, 0.3) is 0 Å². The van der Waals surface area contributed by atoms with E-state index in [-0.39, 0.29) is 17.4 Å². The highest BCUT2D eigenvalue weighted by atomic mass is 16.2. The van der Waals surface area contributed by atoms with E-state index in [1.807, 2.05) is 76.2 Å². The Balaban J connectivity index is 2.16. The molecule has 2 amide bonds. The van der Waals surface area contributed by atoms with E-state index >= 15 is 0 Å². The van der Waals surface area contributed by atoms with Crippen molar-refractivity contribution in [1.29, 1.82) is 0 Å². The molecule has 1 atom stereocenters. The van der Waals surface area contributed by atoms with Gasteiger partial charge in [-0.2, -0.15) is 0 Å². The van der Waals surface area contributed by atoms with Gasteiger partial charge in [0.2, 0.25) is 11.8 Å². The van der Waals surface area contributed by atoms with Gasteiger partial charge in [-0.15, -0.1) is 0 Å². The highest BCUT2D eigenvalue weighted by Crippen LogP contribution is 2.15. The number of rotatable bonds is 7. The lowest BCUT2D eigenvalue weighted by Crippen LogP contribution is -2.52. The van der Waals surface area contributed by atoms with Gasteiger partial charge in [0.15, 0.2) is 0 Å². The SMILES string of the molecule is Cc1cccc(CN(C(=O)CCc2ccccc2)C(C)C(=O)NC(C)(C)C)c1. The molecule has 4 nitrogen and oxygen atoms in total. The average molecular weight is 381 g/mol. The quantitative estimate of drug-likeness (QED) is 0.780. The Morgan fingerprint density at radius 3 is 2.25 bits per heavy atom. The molecule has 0 saturated heterocycles. The molecule has 2 aromatic rings. The second-order valence-electron chi connectivity index (χ2n) is 8.41. The van der Waals surface area contributed by atoms with Crippen LogP contribution in [-0.2, 0) is 22.6 Å². The van der Waals surface area contributed by atoms with Crippen molar-refractivity contribution in [2.75, 3.05) is 0 Å². The smallest absolute Gasteiger partial charge is 0.242 e. The van der Waals surface area contributed by atoms with Crippen LogP contribution in [0.2, 0.25) is 0 Å². The molecule has 28 heavy (non-hydrogen) atoms. The predicted molar refractivity (Wildman–Crippen MR) is 114 cm³/mol. The summed E-state index contributed by atoms with van der Waals surface area (Å²) in [5.41, 5.74) is 2.95. The predicted octanol–water partition coefficient (Wildman–Crippen LogP) is 4.26. The summed E-state index contributed by atoms with van der Waals surface area (Å²) in [6.07, 6.45) is 1.04.